The van der Waals surface area contributed by atoms with Crippen LogP contribution in [-0.4, -0.2) is 54.7 Å². The zero-order valence-electron chi connectivity index (χ0n) is 19.9. The summed E-state index contributed by atoms with van der Waals surface area (Å²) in [6, 6.07) is 4.81. The van der Waals surface area contributed by atoms with Crippen LogP contribution >= 0.6 is 11.6 Å². The van der Waals surface area contributed by atoms with E-state index in [1.165, 1.54) is 12.1 Å². The molecule has 0 heterocycles. The predicted molar refractivity (Wildman–Crippen MR) is 130 cm³/mol. The third kappa shape index (κ3) is 5.51. The number of nitrogens with one attached hydrogen (secondary N) is 1. The molecule has 2 saturated carbocycles. The number of hydrogen-bond donors (Lipinski definition) is 3. The molecule has 12 heteroatoms. The SMILES string of the molecule is C[C@@H](O)COCC1(O)C2CC[C@H]1CC(S(=O)(=O)c1cc(C(=O)Nc3cc(F)c(F)c(F)c3)ccc1Cl)C2. The van der Waals surface area contributed by atoms with Gasteiger partial charge in [0.2, 0.25) is 0 Å². The lowest BCUT2D eigenvalue weighted by Gasteiger charge is -2.42. The van der Waals surface area contributed by atoms with Crippen molar-refractivity contribution < 1.29 is 41.3 Å². The summed E-state index contributed by atoms with van der Waals surface area (Å²) in [4.78, 5) is 12.4. The van der Waals surface area contributed by atoms with E-state index in [-0.39, 0.29) is 59.1 Å². The molecule has 7 nitrogen and oxygen atoms in total. The highest BCUT2D eigenvalue weighted by Crippen LogP contribution is 2.52. The van der Waals surface area contributed by atoms with Crippen LogP contribution in [0.5, 0.6) is 0 Å². The number of carbonyl (C=O) groups is 1. The molecule has 2 fully saturated rings. The Bertz CT molecular complexity index is 1270. The number of ether oxygens (including phenoxy) is 1. The van der Waals surface area contributed by atoms with Crippen molar-refractivity contribution in [3.63, 3.8) is 0 Å². The van der Waals surface area contributed by atoms with E-state index in [4.69, 9.17) is 16.3 Å². The van der Waals surface area contributed by atoms with Crippen LogP contribution in [0, 0.1) is 29.3 Å². The molecule has 3 N–H and O–H groups in total. The maximum atomic E-state index is 13.6. The lowest BCUT2D eigenvalue weighted by molar-refractivity contribution is -0.121. The molecular weight excluding hydrogens is 535 g/mol. The molecule has 0 aliphatic heterocycles. The van der Waals surface area contributed by atoms with Gasteiger partial charge in [0.05, 0.1) is 40.1 Å². The molecule has 2 aliphatic carbocycles. The molecule has 2 aromatic rings. The van der Waals surface area contributed by atoms with E-state index in [0.717, 1.165) is 6.07 Å². The molecular formula is C25H27ClF3NO6S. The van der Waals surface area contributed by atoms with Crippen LogP contribution in [0.15, 0.2) is 35.2 Å². The number of carbonyl (C=O) groups excluding carboxylic acids is 1. The highest BCUT2D eigenvalue weighted by atomic mass is 35.5. The van der Waals surface area contributed by atoms with Gasteiger partial charge in [-0.15, -0.1) is 0 Å². The lowest BCUT2D eigenvalue weighted by Crippen LogP contribution is -2.51. The quantitative estimate of drug-likeness (QED) is 0.418. The highest BCUT2D eigenvalue weighted by Gasteiger charge is 2.55. The number of amides is 1. The van der Waals surface area contributed by atoms with Gasteiger partial charge >= 0.3 is 0 Å². The molecule has 0 radical (unpaired) electrons. The Balaban J connectivity index is 1.53. The number of rotatable bonds is 8. The van der Waals surface area contributed by atoms with Gasteiger partial charge in [-0.2, -0.15) is 0 Å². The second kappa shape index (κ2) is 10.5. The van der Waals surface area contributed by atoms with Gasteiger partial charge in [-0.1, -0.05) is 11.6 Å². The molecule has 2 bridgehead atoms. The molecule has 37 heavy (non-hydrogen) atoms. The van der Waals surface area contributed by atoms with Gasteiger partial charge in [-0.3, -0.25) is 4.79 Å². The summed E-state index contributed by atoms with van der Waals surface area (Å²) in [5.74, 6) is -6.18. The molecule has 0 saturated heterocycles. The first-order chi connectivity index (χ1) is 17.3. The summed E-state index contributed by atoms with van der Waals surface area (Å²) < 4.78 is 72.9. The summed E-state index contributed by atoms with van der Waals surface area (Å²) in [5, 5.41) is 21.9. The molecule has 2 aliphatic rings. The Labute approximate surface area is 217 Å². The van der Waals surface area contributed by atoms with Crippen LogP contribution in [0.4, 0.5) is 18.9 Å². The number of sulfone groups is 1. The number of hydrogen-bond acceptors (Lipinski definition) is 6. The highest BCUT2D eigenvalue weighted by molar-refractivity contribution is 7.92. The topological polar surface area (TPSA) is 113 Å². The summed E-state index contributed by atoms with van der Waals surface area (Å²) >= 11 is 6.22. The Kier molecular flexibility index (Phi) is 7.92. The number of fused-ring (bicyclic) bond motifs is 2. The van der Waals surface area contributed by atoms with Crippen LogP contribution in [0.2, 0.25) is 5.02 Å². The predicted octanol–water partition coefficient (Wildman–Crippen LogP) is 4.10. The van der Waals surface area contributed by atoms with Crippen LogP contribution in [0.3, 0.4) is 0 Å². The number of benzene rings is 2. The lowest BCUT2D eigenvalue weighted by atomic mass is 9.75. The Morgan fingerprint density at radius 1 is 1.16 bits per heavy atom. The Morgan fingerprint density at radius 2 is 1.76 bits per heavy atom. The van der Waals surface area contributed by atoms with Crippen molar-refractivity contribution in [1.29, 1.82) is 0 Å². The van der Waals surface area contributed by atoms with Gasteiger partial charge in [0.25, 0.3) is 5.91 Å². The van der Waals surface area contributed by atoms with Crippen molar-refractivity contribution in [3.05, 3.63) is 58.4 Å². The standard InChI is InChI=1S/C25H27ClF3NO6S/c1-13(31)11-36-12-25(33)15-3-4-16(25)8-18(7-15)37(34,35)22-6-14(2-5-19(22)26)24(32)30-17-9-20(27)23(29)21(28)10-17/h2,5-6,9-10,13,15-16,18,31,33H,3-4,7-8,11-12H2,1H3,(H,30,32)/t13-,15+,16?,18?,25?/m1/s1. The molecule has 5 atom stereocenters. The molecule has 1 amide bonds. The van der Waals surface area contributed by atoms with Gasteiger partial charge in [0.1, 0.15) is 0 Å². The number of aliphatic hydroxyl groups is 2. The second-order valence-corrected chi connectivity index (χ2v) is 12.4. The fraction of sp³-hybridized carbons (Fsp3) is 0.480. The Hall–Kier alpha value is -2.18. The summed E-state index contributed by atoms with van der Waals surface area (Å²) in [7, 11) is -4.02. The van der Waals surface area contributed by atoms with Gasteiger partial charge in [0.15, 0.2) is 27.3 Å². The minimum atomic E-state index is -4.02. The third-order valence-electron chi connectivity index (χ3n) is 7.25. The Morgan fingerprint density at radius 3 is 2.32 bits per heavy atom. The van der Waals surface area contributed by atoms with Gasteiger partial charge in [-0.25, -0.2) is 21.6 Å². The summed E-state index contributed by atoms with van der Waals surface area (Å²) in [6.45, 7) is 1.63. The van der Waals surface area contributed by atoms with Crippen molar-refractivity contribution in [3.8, 4) is 0 Å². The number of anilines is 1. The monoisotopic (exact) mass is 561 g/mol. The van der Waals surface area contributed by atoms with Crippen molar-refractivity contribution in [1.82, 2.24) is 0 Å². The smallest absolute Gasteiger partial charge is 0.255 e. The minimum absolute atomic E-state index is 0.000980. The fourth-order valence-electron chi connectivity index (χ4n) is 5.37. The molecule has 4 rings (SSSR count). The number of halogens is 4. The van der Waals surface area contributed by atoms with E-state index in [2.05, 4.69) is 5.32 Å². The van der Waals surface area contributed by atoms with Crippen molar-refractivity contribution in [2.75, 3.05) is 18.5 Å². The van der Waals surface area contributed by atoms with Crippen molar-refractivity contribution >= 4 is 33.0 Å². The first-order valence-electron chi connectivity index (χ1n) is 11.8. The molecule has 2 aromatic carbocycles. The van der Waals surface area contributed by atoms with Crippen LogP contribution in [-0.2, 0) is 14.6 Å². The van der Waals surface area contributed by atoms with Crippen molar-refractivity contribution in [2.24, 2.45) is 11.8 Å². The van der Waals surface area contributed by atoms with Gasteiger partial charge in [-0.05, 0) is 62.6 Å². The third-order valence-corrected chi connectivity index (χ3v) is 9.90. The number of aliphatic hydroxyl groups excluding tert-OH is 1. The normalized spacial score (nSPS) is 26.2. The maximum Gasteiger partial charge on any atom is 0.255 e. The van der Waals surface area contributed by atoms with E-state index in [9.17, 15) is 36.6 Å². The van der Waals surface area contributed by atoms with E-state index in [1.54, 1.807) is 6.92 Å². The molecule has 202 valence electrons. The first-order valence-corrected chi connectivity index (χ1v) is 13.7. The zero-order chi connectivity index (χ0) is 27.1. The average molecular weight is 562 g/mol. The first kappa shape index (κ1) is 27.8. The average Bonchev–Trinajstić information content (AvgIpc) is 2.98. The summed E-state index contributed by atoms with van der Waals surface area (Å²) in [5.41, 5.74) is -1.66. The van der Waals surface area contributed by atoms with E-state index in [0.29, 0.717) is 25.0 Å². The van der Waals surface area contributed by atoms with Gasteiger partial charge in [0, 0.05) is 23.4 Å². The largest absolute Gasteiger partial charge is 0.391 e. The molecule has 3 unspecified atom stereocenters. The van der Waals surface area contributed by atoms with Crippen molar-refractivity contribution in [2.45, 2.75) is 54.5 Å². The second-order valence-electron chi connectivity index (χ2n) is 9.82. The molecule has 0 spiro atoms. The van der Waals surface area contributed by atoms with Crippen LogP contribution in [0.1, 0.15) is 43.0 Å². The summed E-state index contributed by atoms with van der Waals surface area (Å²) in [6.07, 6.45) is 0.923. The zero-order valence-corrected chi connectivity index (χ0v) is 21.5. The minimum Gasteiger partial charge on any atom is -0.391 e. The fourth-order valence-corrected chi connectivity index (χ4v) is 7.77. The maximum absolute atomic E-state index is 13.6. The van der Waals surface area contributed by atoms with Crippen LogP contribution in [0.25, 0.3) is 0 Å². The van der Waals surface area contributed by atoms with E-state index >= 15 is 0 Å². The van der Waals surface area contributed by atoms with Gasteiger partial charge < -0.3 is 20.3 Å². The van der Waals surface area contributed by atoms with E-state index in [1.807, 2.05) is 0 Å². The molecule has 0 aromatic heterocycles. The van der Waals surface area contributed by atoms with E-state index < -0.39 is 50.2 Å². The van der Waals surface area contributed by atoms with Crippen LogP contribution < -0.4 is 5.32 Å².